The Hall–Kier alpha value is -0.810. The molecule has 1 rings (SSSR count). The van der Waals surface area contributed by atoms with Gasteiger partial charge in [-0.25, -0.2) is 0 Å². The Labute approximate surface area is 198 Å². The maximum Gasteiger partial charge on any atom is 0.220 e. The van der Waals surface area contributed by atoms with Crippen LogP contribution < -0.4 is 5.32 Å². The summed E-state index contributed by atoms with van der Waals surface area (Å²) in [6.07, 6.45) is 3.49. The fraction of sp³-hybridized carbons (Fsp3) is 0.958. The predicted octanol–water partition coefficient (Wildman–Crippen LogP) is 1.37. The first kappa shape index (κ1) is 30.2. The van der Waals surface area contributed by atoms with Crippen molar-refractivity contribution in [3.05, 3.63) is 0 Å². The van der Waals surface area contributed by atoms with Crippen molar-refractivity contribution in [2.75, 3.05) is 13.2 Å². The van der Waals surface area contributed by atoms with Gasteiger partial charge in [-0.2, -0.15) is 0 Å². The number of hydrogen-bond donors (Lipinski definition) is 6. The van der Waals surface area contributed by atoms with Crippen LogP contribution in [-0.4, -0.2) is 87.5 Å². The van der Waals surface area contributed by atoms with E-state index in [-0.39, 0.29) is 12.5 Å². The average Bonchev–Trinajstić information content (AvgIpc) is 2.81. The molecule has 0 bridgehead atoms. The van der Waals surface area contributed by atoms with Crippen molar-refractivity contribution in [2.24, 2.45) is 0 Å². The number of hydrogen-bond acceptors (Lipinski definition) is 8. The summed E-state index contributed by atoms with van der Waals surface area (Å²) in [5.74, 6) is -0.166. The molecule has 0 aromatic rings. The molecule has 1 saturated heterocycles. The van der Waals surface area contributed by atoms with Crippen LogP contribution in [0.2, 0.25) is 0 Å². The molecule has 0 radical (unpaired) electrons. The Bertz CT molecular complexity index is 507. The van der Waals surface area contributed by atoms with E-state index in [1.54, 1.807) is 0 Å². The van der Waals surface area contributed by atoms with Gasteiger partial charge in [0.15, 0.2) is 6.29 Å². The van der Waals surface area contributed by atoms with Gasteiger partial charge < -0.3 is 40.3 Å². The lowest BCUT2D eigenvalue weighted by atomic mass is 9.99. The van der Waals surface area contributed by atoms with E-state index in [9.17, 15) is 30.3 Å². The maximum atomic E-state index is 12.5. The zero-order valence-electron chi connectivity index (χ0n) is 20.4. The molecule has 0 aliphatic carbocycles. The van der Waals surface area contributed by atoms with E-state index in [2.05, 4.69) is 19.2 Å². The molecule has 1 amide bonds. The number of unbranched alkanes of at least 4 members (excludes halogenated alkanes) is 8. The first-order valence-corrected chi connectivity index (χ1v) is 12.7. The van der Waals surface area contributed by atoms with E-state index in [1.807, 2.05) is 0 Å². The molecular formula is C24H47NO8. The lowest BCUT2D eigenvalue weighted by molar-refractivity contribution is -0.302. The summed E-state index contributed by atoms with van der Waals surface area (Å²) in [5, 5.41) is 52.9. The monoisotopic (exact) mass is 477 g/mol. The topological polar surface area (TPSA) is 149 Å². The zero-order valence-corrected chi connectivity index (χ0v) is 20.4. The molecule has 7 atom stereocenters. The van der Waals surface area contributed by atoms with Crippen LogP contribution in [0.4, 0.5) is 0 Å². The molecule has 33 heavy (non-hydrogen) atoms. The molecule has 1 heterocycles. The Balaban J connectivity index is 2.61. The highest BCUT2D eigenvalue weighted by Crippen LogP contribution is 2.22. The first-order chi connectivity index (χ1) is 15.8. The van der Waals surface area contributed by atoms with E-state index < -0.39 is 49.5 Å². The molecule has 0 aromatic carbocycles. The smallest absolute Gasteiger partial charge is 0.220 e. The Kier molecular flexibility index (Phi) is 16.1. The van der Waals surface area contributed by atoms with Crippen LogP contribution in [0, 0.1) is 0 Å². The number of carbonyl (C=O) groups is 1. The second-order valence-corrected chi connectivity index (χ2v) is 9.14. The molecule has 196 valence electrons. The van der Waals surface area contributed by atoms with Crippen LogP contribution in [0.3, 0.4) is 0 Å². The fourth-order valence-corrected chi connectivity index (χ4v) is 3.98. The highest BCUT2D eigenvalue weighted by atomic mass is 16.7. The lowest BCUT2D eigenvalue weighted by Gasteiger charge is -2.40. The lowest BCUT2D eigenvalue weighted by Crippen LogP contribution is -2.60. The van der Waals surface area contributed by atoms with E-state index in [1.165, 1.54) is 19.3 Å². The highest BCUT2D eigenvalue weighted by Gasteiger charge is 2.44. The Morgan fingerprint density at radius 2 is 1.52 bits per heavy atom. The SMILES string of the molecule is CCCCCCCCC(=O)NC(COC1OC(CO)C(O)C(O)C1O)C(O)CCCCCC. The van der Waals surface area contributed by atoms with Crippen molar-refractivity contribution in [3.8, 4) is 0 Å². The van der Waals surface area contributed by atoms with Gasteiger partial charge in [-0.1, -0.05) is 71.6 Å². The third-order valence-corrected chi connectivity index (χ3v) is 6.21. The van der Waals surface area contributed by atoms with Crippen LogP contribution in [0.15, 0.2) is 0 Å². The van der Waals surface area contributed by atoms with Gasteiger partial charge in [0.05, 0.1) is 25.4 Å². The first-order valence-electron chi connectivity index (χ1n) is 12.7. The van der Waals surface area contributed by atoms with Crippen molar-refractivity contribution >= 4 is 5.91 Å². The van der Waals surface area contributed by atoms with Crippen molar-refractivity contribution in [1.29, 1.82) is 0 Å². The van der Waals surface area contributed by atoms with Crippen LogP contribution in [0.25, 0.3) is 0 Å². The summed E-state index contributed by atoms with van der Waals surface area (Å²) in [6, 6.07) is -0.702. The molecule has 9 heteroatoms. The van der Waals surface area contributed by atoms with Crippen LogP contribution in [-0.2, 0) is 14.3 Å². The molecule has 9 nitrogen and oxygen atoms in total. The van der Waals surface area contributed by atoms with E-state index in [0.29, 0.717) is 12.8 Å². The molecule has 1 aliphatic heterocycles. The van der Waals surface area contributed by atoms with E-state index in [4.69, 9.17) is 9.47 Å². The third kappa shape index (κ3) is 11.4. The molecule has 1 aliphatic rings. The number of aliphatic hydroxyl groups excluding tert-OH is 5. The van der Waals surface area contributed by atoms with Crippen molar-refractivity contribution in [3.63, 3.8) is 0 Å². The molecule has 0 saturated carbocycles. The van der Waals surface area contributed by atoms with Gasteiger partial charge in [0.1, 0.15) is 24.4 Å². The highest BCUT2D eigenvalue weighted by molar-refractivity contribution is 5.76. The van der Waals surface area contributed by atoms with Crippen LogP contribution in [0.1, 0.15) is 90.9 Å². The van der Waals surface area contributed by atoms with Gasteiger partial charge in [0.25, 0.3) is 0 Å². The summed E-state index contributed by atoms with van der Waals surface area (Å²) in [6.45, 7) is 3.58. The van der Waals surface area contributed by atoms with E-state index >= 15 is 0 Å². The maximum absolute atomic E-state index is 12.5. The zero-order chi connectivity index (χ0) is 24.6. The molecular weight excluding hydrogens is 430 g/mol. The summed E-state index contributed by atoms with van der Waals surface area (Å²) in [4.78, 5) is 12.5. The average molecular weight is 478 g/mol. The summed E-state index contributed by atoms with van der Waals surface area (Å²) in [7, 11) is 0. The molecule has 1 fully saturated rings. The molecule has 7 unspecified atom stereocenters. The standard InChI is InChI=1S/C24H47NO8/c1-3-5-7-9-10-12-14-20(28)25-17(18(27)13-11-8-6-4-2)16-32-24-23(31)22(30)21(29)19(15-26)33-24/h17-19,21-24,26-27,29-31H,3-16H2,1-2H3,(H,25,28). The van der Waals surface area contributed by atoms with Gasteiger partial charge in [0.2, 0.25) is 5.91 Å². The normalized spacial score (nSPS) is 27.3. The van der Waals surface area contributed by atoms with Gasteiger partial charge in [0, 0.05) is 6.42 Å². The van der Waals surface area contributed by atoms with Crippen LogP contribution >= 0.6 is 0 Å². The summed E-state index contributed by atoms with van der Waals surface area (Å²) < 4.78 is 11.0. The number of aliphatic hydroxyl groups is 5. The number of ether oxygens (including phenoxy) is 2. The minimum absolute atomic E-state index is 0.139. The summed E-state index contributed by atoms with van der Waals surface area (Å²) in [5.41, 5.74) is 0. The van der Waals surface area contributed by atoms with Crippen molar-refractivity contribution in [1.82, 2.24) is 5.32 Å². The number of carbonyl (C=O) groups excluding carboxylic acids is 1. The second kappa shape index (κ2) is 17.6. The molecule has 0 aromatic heterocycles. The second-order valence-electron chi connectivity index (χ2n) is 9.14. The fourth-order valence-electron chi connectivity index (χ4n) is 3.98. The third-order valence-electron chi connectivity index (χ3n) is 6.21. The van der Waals surface area contributed by atoms with Crippen molar-refractivity contribution < 1.29 is 39.8 Å². The quantitative estimate of drug-likeness (QED) is 0.162. The summed E-state index contributed by atoms with van der Waals surface area (Å²) >= 11 is 0. The number of amides is 1. The minimum atomic E-state index is -1.54. The number of rotatable bonds is 18. The van der Waals surface area contributed by atoms with Gasteiger partial charge in [-0.05, 0) is 12.8 Å². The van der Waals surface area contributed by atoms with Gasteiger partial charge >= 0.3 is 0 Å². The number of nitrogens with one attached hydrogen (secondary N) is 1. The minimum Gasteiger partial charge on any atom is -0.394 e. The molecule has 0 spiro atoms. The van der Waals surface area contributed by atoms with Crippen LogP contribution in [0.5, 0.6) is 0 Å². The Morgan fingerprint density at radius 1 is 0.909 bits per heavy atom. The van der Waals surface area contributed by atoms with E-state index in [0.717, 1.165) is 44.9 Å². The van der Waals surface area contributed by atoms with Gasteiger partial charge in [-0.15, -0.1) is 0 Å². The predicted molar refractivity (Wildman–Crippen MR) is 124 cm³/mol. The Morgan fingerprint density at radius 3 is 2.15 bits per heavy atom. The van der Waals surface area contributed by atoms with Gasteiger partial charge in [-0.3, -0.25) is 4.79 Å². The largest absolute Gasteiger partial charge is 0.394 e. The molecule has 6 N–H and O–H groups in total. The van der Waals surface area contributed by atoms with Crippen molar-refractivity contribution in [2.45, 2.75) is 134 Å².